The Hall–Kier alpha value is -1.36. The summed E-state index contributed by atoms with van der Waals surface area (Å²) in [6, 6.07) is -0.536. The van der Waals surface area contributed by atoms with Gasteiger partial charge >= 0.3 is 5.97 Å². The molecule has 0 spiro atoms. The maximum Gasteiger partial charge on any atom is 0.322 e. The fourth-order valence-electron chi connectivity index (χ4n) is 2.37. The molecule has 0 aliphatic heterocycles. The summed E-state index contributed by atoms with van der Waals surface area (Å²) < 4.78 is 7.03. The number of imidazole rings is 1. The van der Waals surface area contributed by atoms with Crippen LogP contribution in [0.1, 0.15) is 37.6 Å². The van der Waals surface area contributed by atoms with Crippen molar-refractivity contribution in [3.05, 3.63) is 17.7 Å². The predicted molar refractivity (Wildman–Crippen MR) is 68.1 cm³/mol. The number of rotatable bonds is 5. The maximum atomic E-state index is 11.4. The van der Waals surface area contributed by atoms with Crippen LogP contribution in [0.3, 0.4) is 0 Å². The van der Waals surface area contributed by atoms with Gasteiger partial charge in [0.25, 0.3) is 0 Å². The Bertz CT molecular complexity index is 414. The second-order valence-electron chi connectivity index (χ2n) is 4.69. The summed E-state index contributed by atoms with van der Waals surface area (Å²) in [6.07, 6.45) is 7.08. The summed E-state index contributed by atoms with van der Waals surface area (Å²) in [6.45, 7) is 2.91. The molecule has 0 amide bonds. The second kappa shape index (κ2) is 6.00. The molecule has 0 fully saturated rings. The number of aromatic nitrogens is 2. The van der Waals surface area contributed by atoms with E-state index in [9.17, 15) is 4.79 Å². The first-order valence-corrected chi connectivity index (χ1v) is 6.67. The molecule has 1 aromatic rings. The zero-order valence-electron chi connectivity index (χ0n) is 10.9. The molecule has 5 nitrogen and oxygen atoms in total. The summed E-state index contributed by atoms with van der Waals surface area (Å²) in [7, 11) is 0. The Kier molecular flexibility index (Phi) is 4.36. The molecule has 18 heavy (non-hydrogen) atoms. The number of nitrogens with two attached hydrogens (primary N) is 1. The van der Waals surface area contributed by atoms with E-state index in [1.54, 1.807) is 6.92 Å². The first-order chi connectivity index (χ1) is 8.72. The maximum absolute atomic E-state index is 11.4. The summed E-state index contributed by atoms with van der Waals surface area (Å²) in [4.78, 5) is 15.8. The van der Waals surface area contributed by atoms with Gasteiger partial charge in [-0.2, -0.15) is 0 Å². The van der Waals surface area contributed by atoms with Crippen molar-refractivity contribution in [2.24, 2.45) is 5.73 Å². The number of aryl methyl sites for hydroxylation is 2. The van der Waals surface area contributed by atoms with Crippen molar-refractivity contribution < 1.29 is 9.53 Å². The number of ether oxygens (including phenoxy) is 1. The van der Waals surface area contributed by atoms with Gasteiger partial charge in [0, 0.05) is 12.2 Å². The zero-order chi connectivity index (χ0) is 13.0. The van der Waals surface area contributed by atoms with Crippen molar-refractivity contribution in [3.8, 4) is 0 Å². The van der Waals surface area contributed by atoms with Crippen molar-refractivity contribution >= 4 is 5.97 Å². The highest BCUT2D eigenvalue weighted by Gasteiger charge is 2.18. The van der Waals surface area contributed by atoms with Crippen LogP contribution >= 0.6 is 0 Å². The summed E-state index contributed by atoms with van der Waals surface area (Å²) in [5.41, 5.74) is 8.32. The fourth-order valence-corrected chi connectivity index (χ4v) is 2.37. The molecule has 1 aliphatic carbocycles. The van der Waals surface area contributed by atoms with E-state index in [0.717, 1.165) is 19.4 Å². The average molecular weight is 251 g/mol. The van der Waals surface area contributed by atoms with Gasteiger partial charge in [-0.15, -0.1) is 0 Å². The zero-order valence-corrected chi connectivity index (χ0v) is 10.9. The van der Waals surface area contributed by atoms with E-state index in [-0.39, 0.29) is 5.97 Å². The van der Waals surface area contributed by atoms with E-state index in [1.165, 1.54) is 24.2 Å². The highest BCUT2D eigenvalue weighted by atomic mass is 16.5. The molecule has 1 aromatic heterocycles. The predicted octanol–water partition coefficient (Wildman–Crippen LogP) is 1.04. The van der Waals surface area contributed by atoms with Gasteiger partial charge < -0.3 is 15.0 Å². The Morgan fingerprint density at radius 3 is 3.11 bits per heavy atom. The topological polar surface area (TPSA) is 70.1 Å². The molecule has 0 bridgehead atoms. The smallest absolute Gasteiger partial charge is 0.322 e. The molecular weight excluding hydrogens is 230 g/mol. The molecule has 5 heteroatoms. The minimum absolute atomic E-state index is 0.313. The number of esters is 1. The van der Waals surface area contributed by atoms with E-state index >= 15 is 0 Å². The van der Waals surface area contributed by atoms with Gasteiger partial charge in [0.05, 0.1) is 18.6 Å². The molecule has 0 saturated heterocycles. The number of hydrogen-bond donors (Lipinski definition) is 1. The van der Waals surface area contributed by atoms with Crippen LogP contribution < -0.4 is 5.73 Å². The van der Waals surface area contributed by atoms with Crippen molar-refractivity contribution in [1.29, 1.82) is 0 Å². The molecule has 0 aromatic carbocycles. The van der Waals surface area contributed by atoms with Gasteiger partial charge in [-0.3, -0.25) is 4.79 Å². The Balaban J connectivity index is 1.90. The van der Waals surface area contributed by atoms with Crippen molar-refractivity contribution in [3.63, 3.8) is 0 Å². The number of fused-ring (bicyclic) bond motifs is 1. The molecule has 100 valence electrons. The minimum Gasteiger partial charge on any atom is -0.465 e. The Morgan fingerprint density at radius 2 is 2.33 bits per heavy atom. The normalized spacial score (nSPS) is 16.1. The lowest BCUT2D eigenvalue weighted by molar-refractivity contribution is -0.144. The summed E-state index contributed by atoms with van der Waals surface area (Å²) in [5, 5.41) is 0. The van der Waals surface area contributed by atoms with Crippen LogP contribution in [-0.2, 0) is 28.9 Å². The molecule has 0 radical (unpaired) electrons. The molecule has 0 saturated carbocycles. The van der Waals surface area contributed by atoms with Gasteiger partial charge in [0.1, 0.15) is 6.04 Å². The van der Waals surface area contributed by atoms with E-state index in [0.29, 0.717) is 13.0 Å². The van der Waals surface area contributed by atoms with Crippen LogP contribution in [0.5, 0.6) is 0 Å². The number of carbonyl (C=O) groups excluding carboxylic acids is 1. The van der Waals surface area contributed by atoms with Crippen molar-refractivity contribution in [2.45, 2.75) is 51.6 Å². The lowest BCUT2D eigenvalue weighted by atomic mass is 10.0. The first kappa shape index (κ1) is 13.1. The third-order valence-electron chi connectivity index (χ3n) is 3.38. The van der Waals surface area contributed by atoms with E-state index in [4.69, 9.17) is 10.5 Å². The van der Waals surface area contributed by atoms with Crippen LogP contribution in [0.2, 0.25) is 0 Å². The summed E-state index contributed by atoms with van der Waals surface area (Å²) >= 11 is 0. The fraction of sp³-hybridized carbons (Fsp3) is 0.692. The Labute approximate surface area is 107 Å². The number of carbonyl (C=O) groups is 1. The monoisotopic (exact) mass is 251 g/mol. The van der Waals surface area contributed by atoms with Gasteiger partial charge in [0.15, 0.2) is 0 Å². The largest absolute Gasteiger partial charge is 0.465 e. The highest BCUT2D eigenvalue weighted by Crippen LogP contribution is 2.20. The van der Waals surface area contributed by atoms with Crippen LogP contribution in [0.25, 0.3) is 0 Å². The lowest BCUT2D eigenvalue weighted by Gasteiger charge is -2.15. The third-order valence-corrected chi connectivity index (χ3v) is 3.38. The van der Waals surface area contributed by atoms with Crippen LogP contribution in [0.15, 0.2) is 6.33 Å². The average Bonchev–Trinajstić information content (AvgIpc) is 2.79. The number of hydrogen-bond acceptors (Lipinski definition) is 4. The number of nitrogens with zero attached hydrogens (tertiary/aromatic N) is 2. The summed E-state index contributed by atoms with van der Waals surface area (Å²) in [5.74, 6) is -0.313. The van der Waals surface area contributed by atoms with Gasteiger partial charge in [-0.05, 0) is 39.0 Å². The second-order valence-corrected chi connectivity index (χ2v) is 4.69. The first-order valence-electron chi connectivity index (χ1n) is 6.67. The van der Waals surface area contributed by atoms with Gasteiger partial charge in [0.2, 0.25) is 0 Å². The molecular formula is C13H21N3O2. The van der Waals surface area contributed by atoms with Crippen LogP contribution in [0, 0.1) is 0 Å². The minimum atomic E-state index is -0.536. The molecule has 2 N–H and O–H groups in total. The van der Waals surface area contributed by atoms with Crippen LogP contribution in [0.4, 0.5) is 0 Å². The standard InChI is InChI=1S/C13H21N3O2/c1-2-18-13(17)10(14)7-8-16-9-15-11-5-3-4-6-12(11)16/h9-10H,2-8,14H2,1H3. The van der Waals surface area contributed by atoms with E-state index in [2.05, 4.69) is 9.55 Å². The SMILES string of the molecule is CCOC(=O)C(N)CCn1cnc2c1CCCC2. The van der Waals surface area contributed by atoms with E-state index in [1.807, 2.05) is 6.33 Å². The van der Waals surface area contributed by atoms with Crippen molar-refractivity contribution in [1.82, 2.24) is 9.55 Å². The molecule has 1 atom stereocenters. The molecule has 2 rings (SSSR count). The molecule has 1 aliphatic rings. The van der Waals surface area contributed by atoms with Gasteiger partial charge in [-0.25, -0.2) is 4.98 Å². The lowest BCUT2D eigenvalue weighted by Crippen LogP contribution is -2.33. The van der Waals surface area contributed by atoms with Gasteiger partial charge in [-0.1, -0.05) is 0 Å². The highest BCUT2D eigenvalue weighted by molar-refractivity contribution is 5.75. The quantitative estimate of drug-likeness (QED) is 0.794. The molecule has 1 heterocycles. The molecule has 1 unspecified atom stereocenters. The van der Waals surface area contributed by atoms with Crippen LogP contribution in [-0.4, -0.2) is 28.2 Å². The van der Waals surface area contributed by atoms with Crippen molar-refractivity contribution in [2.75, 3.05) is 6.61 Å². The third kappa shape index (κ3) is 2.90. The Morgan fingerprint density at radius 1 is 1.56 bits per heavy atom. The van der Waals surface area contributed by atoms with E-state index < -0.39 is 6.04 Å².